The summed E-state index contributed by atoms with van der Waals surface area (Å²) in [4.78, 5) is 22.2. The number of hydrogen-bond donors (Lipinski definition) is 0. The lowest BCUT2D eigenvalue weighted by Gasteiger charge is -2.08. The van der Waals surface area contributed by atoms with Crippen LogP contribution in [0.4, 0.5) is 0 Å². The maximum absolute atomic E-state index is 13.2. The number of ether oxygens (including phenoxy) is 1. The van der Waals surface area contributed by atoms with Gasteiger partial charge in [0.15, 0.2) is 0 Å². The highest BCUT2D eigenvalue weighted by Crippen LogP contribution is 2.35. The van der Waals surface area contributed by atoms with Crippen LogP contribution >= 0.6 is 11.3 Å². The third kappa shape index (κ3) is 3.23. The van der Waals surface area contributed by atoms with Gasteiger partial charge < -0.3 is 4.74 Å². The first-order valence-corrected chi connectivity index (χ1v) is 10.4. The Balaban J connectivity index is 1.51. The molecule has 5 aromatic rings. The smallest absolute Gasteiger partial charge is 0.276 e. The van der Waals surface area contributed by atoms with E-state index < -0.39 is 0 Å². The fraction of sp³-hybridized carbons (Fsp3) is 0.130. The topological polar surface area (TPSA) is 69.9 Å². The normalized spacial score (nSPS) is 11.2. The monoisotopic (exact) mass is 414 g/mol. The Labute approximate surface area is 176 Å². The number of fused-ring (bicyclic) bond motifs is 2. The largest absolute Gasteiger partial charge is 0.481 e. The summed E-state index contributed by atoms with van der Waals surface area (Å²) in [7, 11) is 1.58. The van der Waals surface area contributed by atoms with Crippen LogP contribution in [0.25, 0.3) is 32.1 Å². The molecule has 4 heterocycles. The van der Waals surface area contributed by atoms with Gasteiger partial charge in [-0.25, -0.2) is 9.67 Å². The van der Waals surface area contributed by atoms with E-state index in [1.165, 1.54) is 16.0 Å². The molecule has 0 aliphatic rings. The maximum atomic E-state index is 13.2. The summed E-state index contributed by atoms with van der Waals surface area (Å²) in [5, 5.41) is 8.08. The Morgan fingerprint density at radius 3 is 2.87 bits per heavy atom. The Hall–Kier alpha value is -3.58. The maximum Gasteiger partial charge on any atom is 0.276 e. The molecule has 0 spiro atoms. The SMILES string of the molecule is COc1ncccc1-c1csc2cnn(CCc3ccc4ccccc4n3)c(=O)c12. The lowest BCUT2D eigenvalue weighted by molar-refractivity contribution is 0.400. The highest BCUT2D eigenvalue weighted by molar-refractivity contribution is 7.17. The fourth-order valence-corrected chi connectivity index (χ4v) is 4.49. The van der Waals surface area contributed by atoms with E-state index in [0.717, 1.165) is 32.4 Å². The molecule has 0 aliphatic heterocycles. The van der Waals surface area contributed by atoms with Crippen LogP contribution in [0.1, 0.15) is 5.69 Å². The summed E-state index contributed by atoms with van der Waals surface area (Å²) in [6.45, 7) is 0.458. The number of nitrogens with zero attached hydrogens (tertiary/aromatic N) is 4. The van der Waals surface area contributed by atoms with Crippen LogP contribution in [0.15, 0.2) is 71.1 Å². The third-order valence-electron chi connectivity index (χ3n) is 5.07. The van der Waals surface area contributed by atoms with Gasteiger partial charge in [0, 0.05) is 40.2 Å². The van der Waals surface area contributed by atoms with Crippen molar-refractivity contribution in [3.63, 3.8) is 0 Å². The van der Waals surface area contributed by atoms with Crippen molar-refractivity contribution in [1.29, 1.82) is 0 Å². The molecule has 0 radical (unpaired) electrons. The number of para-hydroxylation sites is 1. The highest BCUT2D eigenvalue weighted by Gasteiger charge is 2.16. The lowest BCUT2D eigenvalue weighted by atomic mass is 10.1. The van der Waals surface area contributed by atoms with Crippen LogP contribution in [0.3, 0.4) is 0 Å². The molecule has 148 valence electrons. The minimum absolute atomic E-state index is 0.115. The van der Waals surface area contributed by atoms with Crippen molar-refractivity contribution < 1.29 is 4.74 Å². The van der Waals surface area contributed by atoms with Crippen molar-refractivity contribution in [2.24, 2.45) is 0 Å². The average Bonchev–Trinajstić information content (AvgIpc) is 3.23. The number of benzene rings is 1. The average molecular weight is 414 g/mol. The predicted molar refractivity (Wildman–Crippen MR) is 119 cm³/mol. The molecule has 0 unspecified atom stereocenters. The van der Waals surface area contributed by atoms with Crippen molar-refractivity contribution in [1.82, 2.24) is 19.7 Å². The number of pyridine rings is 2. The van der Waals surface area contributed by atoms with Crippen molar-refractivity contribution in [2.75, 3.05) is 7.11 Å². The van der Waals surface area contributed by atoms with Gasteiger partial charge in [-0.2, -0.15) is 5.10 Å². The summed E-state index contributed by atoms with van der Waals surface area (Å²) in [5.41, 5.74) is 3.40. The van der Waals surface area contributed by atoms with Gasteiger partial charge in [-0.15, -0.1) is 11.3 Å². The number of aryl methyl sites for hydroxylation is 2. The molecule has 0 atom stereocenters. The molecule has 0 amide bonds. The van der Waals surface area contributed by atoms with E-state index in [2.05, 4.69) is 16.1 Å². The van der Waals surface area contributed by atoms with Gasteiger partial charge >= 0.3 is 0 Å². The molecule has 0 fully saturated rings. The summed E-state index contributed by atoms with van der Waals surface area (Å²) in [6.07, 6.45) is 4.05. The first kappa shape index (κ1) is 18.4. The zero-order valence-corrected chi connectivity index (χ0v) is 17.1. The molecule has 7 heteroatoms. The first-order valence-electron chi connectivity index (χ1n) is 9.56. The lowest BCUT2D eigenvalue weighted by Crippen LogP contribution is -2.23. The van der Waals surface area contributed by atoms with E-state index in [1.54, 1.807) is 19.5 Å². The Bertz CT molecular complexity index is 1420. The fourth-order valence-electron chi connectivity index (χ4n) is 3.58. The van der Waals surface area contributed by atoms with E-state index >= 15 is 0 Å². The minimum atomic E-state index is -0.115. The van der Waals surface area contributed by atoms with Gasteiger partial charge in [-0.1, -0.05) is 24.3 Å². The molecule has 4 aromatic heterocycles. The molecule has 0 N–H and O–H groups in total. The second-order valence-corrected chi connectivity index (χ2v) is 7.78. The molecule has 0 saturated carbocycles. The van der Waals surface area contributed by atoms with E-state index in [4.69, 9.17) is 9.72 Å². The summed E-state index contributed by atoms with van der Waals surface area (Å²) >= 11 is 1.50. The van der Waals surface area contributed by atoms with Crippen LogP contribution in [-0.2, 0) is 13.0 Å². The van der Waals surface area contributed by atoms with E-state index in [9.17, 15) is 4.79 Å². The van der Waals surface area contributed by atoms with Crippen LogP contribution in [0, 0.1) is 0 Å². The van der Waals surface area contributed by atoms with E-state index in [0.29, 0.717) is 24.2 Å². The molecule has 5 rings (SSSR count). The van der Waals surface area contributed by atoms with Crippen LogP contribution < -0.4 is 10.3 Å². The van der Waals surface area contributed by atoms with Gasteiger partial charge in [-0.05, 0) is 24.3 Å². The molecule has 1 aromatic carbocycles. The Morgan fingerprint density at radius 2 is 1.97 bits per heavy atom. The van der Waals surface area contributed by atoms with Crippen LogP contribution in [0.5, 0.6) is 5.88 Å². The molecule has 0 aliphatic carbocycles. The highest BCUT2D eigenvalue weighted by atomic mass is 32.1. The first-order chi connectivity index (χ1) is 14.7. The molecule has 6 nitrogen and oxygen atoms in total. The number of aromatic nitrogens is 4. The summed E-state index contributed by atoms with van der Waals surface area (Å²) in [5.74, 6) is 0.500. The molecule has 0 saturated heterocycles. The molecular weight excluding hydrogens is 396 g/mol. The third-order valence-corrected chi connectivity index (χ3v) is 5.99. The molecule has 0 bridgehead atoms. The quantitative estimate of drug-likeness (QED) is 0.428. The van der Waals surface area contributed by atoms with Crippen LogP contribution in [0.2, 0.25) is 0 Å². The zero-order valence-electron chi connectivity index (χ0n) is 16.3. The van der Waals surface area contributed by atoms with E-state index in [1.807, 2.05) is 47.8 Å². The van der Waals surface area contributed by atoms with Crippen molar-refractivity contribution in [2.45, 2.75) is 13.0 Å². The van der Waals surface area contributed by atoms with Crippen molar-refractivity contribution in [3.05, 3.63) is 82.4 Å². The van der Waals surface area contributed by atoms with E-state index in [-0.39, 0.29) is 5.56 Å². The number of hydrogen-bond acceptors (Lipinski definition) is 6. The number of thiophene rings is 1. The van der Waals surface area contributed by atoms with Gasteiger partial charge in [0.25, 0.3) is 5.56 Å². The van der Waals surface area contributed by atoms with Gasteiger partial charge in [0.2, 0.25) is 5.88 Å². The van der Waals surface area contributed by atoms with Crippen LogP contribution in [-0.4, -0.2) is 26.9 Å². The van der Waals surface area contributed by atoms with Crippen molar-refractivity contribution >= 4 is 32.3 Å². The molecular formula is C23H18N4O2S. The zero-order chi connectivity index (χ0) is 20.5. The Morgan fingerprint density at radius 1 is 1.07 bits per heavy atom. The van der Waals surface area contributed by atoms with Crippen molar-refractivity contribution in [3.8, 4) is 17.0 Å². The predicted octanol–water partition coefficient (Wildman–Crippen LogP) is 4.32. The second kappa shape index (κ2) is 7.68. The number of methoxy groups -OCH3 is 1. The van der Waals surface area contributed by atoms with Gasteiger partial charge in [0.05, 0.1) is 35.5 Å². The minimum Gasteiger partial charge on any atom is -0.481 e. The Kier molecular flexibility index (Phi) is 4.72. The van der Waals surface area contributed by atoms with Gasteiger partial charge in [0.1, 0.15) is 0 Å². The summed E-state index contributed by atoms with van der Waals surface area (Å²) < 4.78 is 7.75. The second-order valence-electron chi connectivity index (χ2n) is 6.87. The number of rotatable bonds is 5. The summed E-state index contributed by atoms with van der Waals surface area (Å²) in [6, 6.07) is 15.8. The van der Waals surface area contributed by atoms with Gasteiger partial charge in [-0.3, -0.25) is 9.78 Å². The molecule has 30 heavy (non-hydrogen) atoms. The standard InChI is InChI=1S/C23H18N4O2S/c1-29-22-17(6-4-11-24-22)18-14-30-20-13-25-27(23(28)21(18)20)12-10-16-9-8-15-5-2-3-7-19(15)26-16/h2-9,11,13-14H,10,12H2,1H3.